The SMILES string of the molecule is O=c1c(Cl)c(Cl)cnn1-c1ccc(NCC(O)COc2ccccc2)c(Cl)c1. The van der Waals surface area contributed by atoms with Crippen molar-refractivity contribution in [3.8, 4) is 11.4 Å². The molecule has 1 heterocycles. The summed E-state index contributed by atoms with van der Waals surface area (Å²) in [7, 11) is 0. The highest BCUT2D eigenvalue weighted by Gasteiger charge is 2.12. The van der Waals surface area contributed by atoms with Crippen LogP contribution in [0.25, 0.3) is 5.69 Å². The first-order valence-electron chi connectivity index (χ1n) is 8.28. The summed E-state index contributed by atoms with van der Waals surface area (Å²) < 4.78 is 6.61. The van der Waals surface area contributed by atoms with Crippen LogP contribution in [-0.2, 0) is 0 Å². The molecule has 1 aromatic heterocycles. The Morgan fingerprint density at radius 2 is 1.86 bits per heavy atom. The molecule has 2 N–H and O–H groups in total. The first-order valence-corrected chi connectivity index (χ1v) is 9.42. The highest BCUT2D eigenvalue weighted by molar-refractivity contribution is 6.41. The Bertz CT molecular complexity index is 1010. The maximum Gasteiger partial charge on any atom is 0.291 e. The molecule has 3 rings (SSSR count). The number of aliphatic hydroxyl groups is 1. The molecule has 146 valence electrons. The normalized spacial score (nSPS) is 11.9. The summed E-state index contributed by atoms with van der Waals surface area (Å²) >= 11 is 17.9. The predicted octanol–water partition coefficient (Wildman–Crippen LogP) is 4.04. The Labute approximate surface area is 176 Å². The largest absolute Gasteiger partial charge is 0.491 e. The Morgan fingerprint density at radius 1 is 1.11 bits per heavy atom. The third-order valence-corrected chi connectivity index (χ3v) is 4.85. The molecular weight excluding hydrogens is 425 g/mol. The topological polar surface area (TPSA) is 76.4 Å². The van der Waals surface area contributed by atoms with Gasteiger partial charge in [0.15, 0.2) is 0 Å². The summed E-state index contributed by atoms with van der Waals surface area (Å²) in [6, 6.07) is 14.1. The van der Waals surface area contributed by atoms with Crippen molar-refractivity contribution in [3.05, 3.63) is 80.1 Å². The van der Waals surface area contributed by atoms with E-state index in [0.717, 1.165) is 4.68 Å². The molecule has 0 fully saturated rings. The summed E-state index contributed by atoms with van der Waals surface area (Å²) in [4.78, 5) is 12.2. The third kappa shape index (κ3) is 4.97. The minimum absolute atomic E-state index is 0.0824. The van der Waals surface area contributed by atoms with Crippen molar-refractivity contribution in [2.45, 2.75) is 6.10 Å². The second kappa shape index (κ2) is 9.30. The quantitative estimate of drug-likeness (QED) is 0.580. The van der Waals surface area contributed by atoms with E-state index >= 15 is 0 Å². The van der Waals surface area contributed by atoms with Crippen LogP contribution in [0.4, 0.5) is 5.69 Å². The number of anilines is 1. The van der Waals surface area contributed by atoms with Crippen molar-refractivity contribution in [2.24, 2.45) is 0 Å². The van der Waals surface area contributed by atoms with Gasteiger partial charge >= 0.3 is 0 Å². The molecule has 0 saturated heterocycles. The van der Waals surface area contributed by atoms with Crippen LogP contribution in [0.2, 0.25) is 15.1 Å². The van der Waals surface area contributed by atoms with Gasteiger partial charge in [-0.1, -0.05) is 53.0 Å². The van der Waals surface area contributed by atoms with Crippen LogP contribution in [0.1, 0.15) is 0 Å². The van der Waals surface area contributed by atoms with E-state index in [-0.39, 0.29) is 23.2 Å². The van der Waals surface area contributed by atoms with E-state index < -0.39 is 11.7 Å². The van der Waals surface area contributed by atoms with Crippen molar-refractivity contribution in [1.29, 1.82) is 0 Å². The van der Waals surface area contributed by atoms with Crippen molar-refractivity contribution < 1.29 is 9.84 Å². The van der Waals surface area contributed by atoms with Crippen LogP contribution in [0.5, 0.6) is 5.75 Å². The van der Waals surface area contributed by atoms with Gasteiger partial charge in [0.05, 0.1) is 27.6 Å². The van der Waals surface area contributed by atoms with E-state index in [1.807, 2.05) is 30.3 Å². The fourth-order valence-electron chi connectivity index (χ4n) is 2.37. The highest BCUT2D eigenvalue weighted by atomic mass is 35.5. The lowest BCUT2D eigenvalue weighted by Crippen LogP contribution is -2.26. The second-order valence-electron chi connectivity index (χ2n) is 5.85. The molecule has 28 heavy (non-hydrogen) atoms. The highest BCUT2D eigenvalue weighted by Crippen LogP contribution is 2.25. The van der Waals surface area contributed by atoms with Crippen LogP contribution >= 0.6 is 34.8 Å². The number of benzene rings is 2. The molecule has 0 bridgehead atoms. The number of hydrogen-bond acceptors (Lipinski definition) is 5. The summed E-state index contributed by atoms with van der Waals surface area (Å²) in [6.07, 6.45) is 0.546. The molecule has 1 atom stereocenters. The van der Waals surface area contributed by atoms with E-state index in [2.05, 4.69) is 10.4 Å². The third-order valence-electron chi connectivity index (χ3n) is 3.79. The number of hydrogen-bond donors (Lipinski definition) is 2. The molecule has 0 spiro atoms. The number of ether oxygens (including phenoxy) is 1. The molecule has 0 saturated carbocycles. The predicted molar refractivity (Wildman–Crippen MR) is 111 cm³/mol. The summed E-state index contributed by atoms with van der Waals surface area (Å²) in [5, 5.41) is 17.4. The maximum absolute atomic E-state index is 12.2. The molecule has 2 aromatic carbocycles. The number of para-hydroxylation sites is 1. The molecule has 0 aliphatic heterocycles. The molecular formula is C19H16Cl3N3O3. The number of nitrogens with one attached hydrogen (secondary N) is 1. The molecule has 6 nitrogen and oxygen atoms in total. The fourth-order valence-corrected chi connectivity index (χ4v) is 2.87. The number of aromatic nitrogens is 2. The number of aliphatic hydroxyl groups excluding tert-OH is 1. The monoisotopic (exact) mass is 439 g/mol. The average molecular weight is 441 g/mol. The molecule has 0 radical (unpaired) electrons. The number of rotatable bonds is 7. The lowest BCUT2D eigenvalue weighted by Gasteiger charge is -2.15. The molecule has 3 aromatic rings. The summed E-state index contributed by atoms with van der Waals surface area (Å²) in [5.41, 5.74) is 0.490. The van der Waals surface area contributed by atoms with E-state index in [0.29, 0.717) is 22.1 Å². The van der Waals surface area contributed by atoms with Gasteiger partial charge < -0.3 is 15.2 Å². The van der Waals surface area contributed by atoms with Gasteiger partial charge in [0.1, 0.15) is 23.5 Å². The van der Waals surface area contributed by atoms with Crippen LogP contribution in [0, 0.1) is 0 Å². The Kier molecular flexibility index (Phi) is 6.80. The fraction of sp³-hybridized carbons (Fsp3) is 0.158. The van der Waals surface area contributed by atoms with E-state index in [9.17, 15) is 9.90 Å². The zero-order valence-electron chi connectivity index (χ0n) is 14.5. The van der Waals surface area contributed by atoms with Gasteiger partial charge in [0, 0.05) is 6.54 Å². The van der Waals surface area contributed by atoms with Crippen LogP contribution < -0.4 is 15.6 Å². The maximum atomic E-state index is 12.2. The minimum atomic E-state index is -0.740. The molecule has 0 amide bonds. The Hall–Kier alpha value is -2.25. The summed E-state index contributed by atoms with van der Waals surface area (Å²) in [6.45, 7) is 0.367. The Balaban J connectivity index is 1.63. The number of nitrogens with zero attached hydrogens (tertiary/aromatic N) is 2. The van der Waals surface area contributed by atoms with Gasteiger partial charge in [0.2, 0.25) is 0 Å². The van der Waals surface area contributed by atoms with Gasteiger partial charge in [0.25, 0.3) is 5.56 Å². The summed E-state index contributed by atoms with van der Waals surface area (Å²) in [5.74, 6) is 0.684. The average Bonchev–Trinajstić information content (AvgIpc) is 2.70. The van der Waals surface area contributed by atoms with Crippen molar-refractivity contribution in [1.82, 2.24) is 9.78 Å². The first kappa shape index (κ1) is 20.5. The lowest BCUT2D eigenvalue weighted by molar-refractivity contribution is 0.117. The van der Waals surface area contributed by atoms with E-state index in [1.165, 1.54) is 6.20 Å². The van der Waals surface area contributed by atoms with Crippen molar-refractivity contribution >= 4 is 40.5 Å². The van der Waals surface area contributed by atoms with E-state index in [1.54, 1.807) is 18.2 Å². The molecule has 9 heteroatoms. The van der Waals surface area contributed by atoms with Crippen LogP contribution in [0.15, 0.2) is 59.5 Å². The first-order chi connectivity index (χ1) is 13.5. The molecule has 1 unspecified atom stereocenters. The standard InChI is InChI=1S/C19H16Cl3N3O3/c20-15-8-12(25-19(27)18(22)16(21)10-24-25)6-7-17(15)23-9-13(26)11-28-14-4-2-1-3-5-14/h1-8,10,13,23,26H,9,11H2. The van der Waals surface area contributed by atoms with Gasteiger partial charge in [-0.2, -0.15) is 9.78 Å². The molecule has 0 aliphatic carbocycles. The zero-order valence-corrected chi connectivity index (χ0v) is 16.7. The smallest absolute Gasteiger partial charge is 0.291 e. The van der Waals surface area contributed by atoms with Crippen LogP contribution in [0.3, 0.4) is 0 Å². The van der Waals surface area contributed by atoms with Gasteiger partial charge in [-0.3, -0.25) is 4.79 Å². The Morgan fingerprint density at radius 3 is 2.57 bits per heavy atom. The zero-order chi connectivity index (χ0) is 20.1. The van der Waals surface area contributed by atoms with Crippen molar-refractivity contribution in [2.75, 3.05) is 18.5 Å². The molecule has 0 aliphatic rings. The van der Waals surface area contributed by atoms with Gasteiger partial charge in [-0.25, -0.2) is 0 Å². The van der Waals surface area contributed by atoms with Crippen LogP contribution in [-0.4, -0.2) is 34.1 Å². The van der Waals surface area contributed by atoms with Gasteiger partial charge in [-0.05, 0) is 30.3 Å². The minimum Gasteiger partial charge on any atom is -0.491 e. The van der Waals surface area contributed by atoms with Crippen molar-refractivity contribution in [3.63, 3.8) is 0 Å². The lowest BCUT2D eigenvalue weighted by atomic mass is 10.2. The number of halogens is 3. The van der Waals surface area contributed by atoms with E-state index in [4.69, 9.17) is 39.5 Å². The van der Waals surface area contributed by atoms with Gasteiger partial charge in [-0.15, -0.1) is 0 Å². The second-order valence-corrected chi connectivity index (χ2v) is 7.04.